The number of aromatic nitrogens is 2. The number of β-amino-alcohol motifs (C(OH)–C–C–N with tert-alkyl or cyclic N) is 1. The Bertz CT molecular complexity index is 1460. The van der Waals surface area contributed by atoms with Crippen molar-refractivity contribution in [3.8, 4) is 10.4 Å². The first-order chi connectivity index (χ1) is 19.5. The van der Waals surface area contributed by atoms with Crippen LogP contribution in [0.1, 0.15) is 81.1 Å². The monoisotopic (exact) mass is 576 g/mol. The molecule has 1 aromatic carbocycles. The van der Waals surface area contributed by atoms with Crippen LogP contribution in [0.4, 0.5) is 0 Å². The zero-order chi connectivity index (χ0) is 29.1. The fourth-order valence-corrected chi connectivity index (χ4v) is 7.88. The van der Waals surface area contributed by atoms with Crippen molar-refractivity contribution in [1.82, 2.24) is 20.4 Å². The summed E-state index contributed by atoms with van der Waals surface area (Å²) in [7, 11) is 0. The maximum Gasteiger partial charge on any atom is 0.243 e. The molecule has 10 heteroatoms. The van der Waals surface area contributed by atoms with Gasteiger partial charge in [0.05, 0.1) is 33.9 Å². The van der Waals surface area contributed by atoms with Crippen LogP contribution < -0.4 is 5.32 Å². The van der Waals surface area contributed by atoms with Crippen molar-refractivity contribution in [3.05, 3.63) is 58.6 Å². The fourth-order valence-electron chi connectivity index (χ4n) is 7.06. The minimum absolute atomic E-state index is 0.0875. The van der Waals surface area contributed by atoms with Crippen LogP contribution in [0.15, 0.2) is 40.4 Å². The van der Waals surface area contributed by atoms with Crippen molar-refractivity contribution in [1.29, 1.82) is 0 Å². The maximum absolute atomic E-state index is 13.9. The van der Waals surface area contributed by atoms with Gasteiger partial charge in [-0.05, 0) is 50.2 Å². The first kappa shape index (κ1) is 27.8. The van der Waals surface area contributed by atoms with Gasteiger partial charge in [-0.15, -0.1) is 11.3 Å². The number of hydrogen-bond donors (Lipinski definition) is 2. The third kappa shape index (κ3) is 4.70. The minimum atomic E-state index is -0.787. The third-order valence-electron chi connectivity index (χ3n) is 9.27. The molecular weight excluding hydrogens is 540 g/mol. The number of nitrogens with one attached hydrogen (secondary N) is 1. The number of aliphatic hydroxyl groups is 1. The summed E-state index contributed by atoms with van der Waals surface area (Å²) in [6, 6.07) is 8.83. The number of aliphatic hydroxyl groups excluding tert-OH is 1. The van der Waals surface area contributed by atoms with Crippen LogP contribution in [0.3, 0.4) is 0 Å². The van der Waals surface area contributed by atoms with Crippen molar-refractivity contribution >= 4 is 29.4 Å². The normalized spacial score (nSPS) is 28.1. The van der Waals surface area contributed by atoms with E-state index in [2.05, 4.69) is 15.5 Å². The number of hydrogen-bond acceptors (Lipinski definition) is 8. The standard InChI is InChI=1S/C31H36N4O5S/c1-17(2)26(24-10-25(34-40-24)31-12-30(13-31,14-31)15-36)29(39)35-11-22(37)9-23(35)28(38)33-18(3)20-5-7-21(8-6-20)27-19(4)32-16-41-27/h5-8,10,15-18,22-23,26,37H,9,11-14H2,1-4H3,(H,33,38)/t18-,22+,23-,26+,30?,31?/m0/s1. The van der Waals surface area contributed by atoms with Gasteiger partial charge in [0.2, 0.25) is 11.8 Å². The number of carbonyl (C=O) groups is 3. The molecule has 4 fully saturated rings. The number of carbonyl (C=O) groups excluding carboxylic acids is 3. The quantitative estimate of drug-likeness (QED) is 0.364. The Balaban J connectivity index is 1.15. The van der Waals surface area contributed by atoms with E-state index in [1.54, 1.807) is 11.3 Å². The van der Waals surface area contributed by atoms with E-state index in [4.69, 9.17) is 4.52 Å². The zero-order valence-electron chi connectivity index (χ0n) is 23.8. The lowest BCUT2D eigenvalue weighted by atomic mass is 9.35. The van der Waals surface area contributed by atoms with Crippen molar-refractivity contribution in [2.24, 2.45) is 11.3 Å². The van der Waals surface area contributed by atoms with E-state index in [0.717, 1.165) is 52.9 Å². The van der Waals surface area contributed by atoms with Gasteiger partial charge in [0.15, 0.2) is 0 Å². The highest BCUT2D eigenvalue weighted by Gasteiger charge is 2.69. The minimum Gasteiger partial charge on any atom is -0.391 e. The third-order valence-corrected chi connectivity index (χ3v) is 10.3. The molecule has 4 atom stereocenters. The number of thiazole rings is 1. The molecule has 2 N–H and O–H groups in total. The van der Waals surface area contributed by atoms with Gasteiger partial charge in [0.25, 0.3) is 0 Å². The van der Waals surface area contributed by atoms with Crippen LogP contribution in [0.25, 0.3) is 10.4 Å². The number of rotatable bonds is 9. The Hall–Kier alpha value is -3.37. The first-order valence-corrected chi connectivity index (χ1v) is 15.2. The van der Waals surface area contributed by atoms with E-state index in [0.29, 0.717) is 5.76 Å². The first-order valence-electron chi connectivity index (χ1n) is 14.3. The molecule has 2 bridgehead atoms. The summed E-state index contributed by atoms with van der Waals surface area (Å²) in [4.78, 5) is 45.7. The van der Waals surface area contributed by atoms with Gasteiger partial charge in [0, 0.05) is 29.9 Å². The second-order valence-corrected chi connectivity index (χ2v) is 13.5. The van der Waals surface area contributed by atoms with Crippen LogP contribution in [0.2, 0.25) is 0 Å². The molecule has 2 aromatic heterocycles. The van der Waals surface area contributed by atoms with Crippen LogP contribution >= 0.6 is 11.3 Å². The van der Waals surface area contributed by atoms with Gasteiger partial charge in [-0.1, -0.05) is 43.3 Å². The Morgan fingerprint density at radius 3 is 2.51 bits per heavy atom. The number of nitrogens with zero attached hydrogens (tertiary/aromatic N) is 3. The molecule has 216 valence electrons. The van der Waals surface area contributed by atoms with E-state index < -0.39 is 18.1 Å². The van der Waals surface area contributed by atoms with Gasteiger partial charge in [-0.3, -0.25) is 9.59 Å². The van der Waals surface area contributed by atoms with Crippen LogP contribution in [0, 0.1) is 18.3 Å². The second kappa shape index (κ2) is 10.2. The molecule has 9 nitrogen and oxygen atoms in total. The maximum atomic E-state index is 13.9. The largest absolute Gasteiger partial charge is 0.391 e. The smallest absolute Gasteiger partial charge is 0.243 e. The lowest BCUT2D eigenvalue weighted by Crippen LogP contribution is -2.65. The van der Waals surface area contributed by atoms with Crippen molar-refractivity contribution in [2.75, 3.05) is 6.54 Å². The van der Waals surface area contributed by atoms with Gasteiger partial charge >= 0.3 is 0 Å². The molecule has 1 saturated heterocycles. The van der Waals surface area contributed by atoms with E-state index in [-0.39, 0.29) is 47.6 Å². The van der Waals surface area contributed by atoms with Gasteiger partial charge in [0.1, 0.15) is 24.0 Å². The molecule has 3 saturated carbocycles. The van der Waals surface area contributed by atoms with Crippen molar-refractivity contribution in [3.63, 3.8) is 0 Å². The molecule has 0 radical (unpaired) electrons. The van der Waals surface area contributed by atoms with Crippen molar-refractivity contribution in [2.45, 2.75) is 82.9 Å². The summed E-state index contributed by atoms with van der Waals surface area (Å²) in [6.07, 6.45) is 2.79. The van der Waals surface area contributed by atoms with E-state index in [1.165, 1.54) is 4.90 Å². The lowest BCUT2D eigenvalue weighted by Gasteiger charge is -2.67. The molecule has 41 heavy (non-hydrogen) atoms. The molecule has 2 amide bonds. The predicted octanol–water partition coefficient (Wildman–Crippen LogP) is 4.31. The summed E-state index contributed by atoms with van der Waals surface area (Å²) < 4.78 is 5.72. The molecule has 3 aliphatic carbocycles. The molecule has 1 aliphatic heterocycles. The lowest BCUT2D eigenvalue weighted by molar-refractivity contribution is -0.160. The molecule has 0 unspecified atom stereocenters. The SMILES string of the molecule is Cc1ncsc1-c1ccc([C@H](C)NC(=O)[C@@H]2C[C@@H](O)CN2C(=O)[C@@H](c2cc(C34CC(C=O)(C3)C4)no2)C(C)C)cc1. The second-order valence-electron chi connectivity index (χ2n) is 12.6. The van der Waals surface area contributed by atoms with Crippen LogP contribution in [0.5, 0.6) is 0 Å². The highest BCUT2D eigenvalue weighted by atomic mass is 32.1. The van der Waals surface area contributed by atoms with Gasteiger partial charge in [-0.2, -0.15) is 0 Å². The zero-order valence-corrected chi connectivity index (χ0v) is 24.6. The highest BCUT2D eigenvalue weighted by molar-refractivity contribution is 7.13. The molecule has 7 rings (SSSR count). The van der Waals surface area contributed by atoms with Gasteiger partial charge in [-0.25, -0.2) is 4.98 Å². The Morgan fingerprint density at radius 1 is 1.20 bits per heavy atom. The number of likely N-dealkylation sites (tertiary alicyclic amines) is 1. The van der Waals surface area contributed by atoms with E-state index in [1.807, 2.05) is 63.5 Å². The summed E-state index contributed by atoms with van der Waals surface area (Å²) in [5.74, 6) is -0.824. The highest BCUT2D eigenvalue weighted by Crippen LogP contribution is 2.72. The molecule has 4 aliphatic rings. The fraction of sp³-hybridized carbons (Fsp3) is 0.516. The molecule has 0 spiro atoms. The predicted molar refractivity (Wildman–Crippen MR) is 153 cm³/mol. The van der Waals surface area contributed by atoms with E-state index in [9.17, 15) is 19.5 Å². The Kier molecular flexibility index (Phi) is 6.89. The van der Waals surface area contributed by atoms with Crippen LogP contribution in [-0.2, 0) is 19.8 Å². The molecular formula is C31H36N4O5S. The number of aryl methyl sites for hydroxylation is 1. The molecule has 3 aromatic rings. The summed E-state index contributed by atoms with van der Waals surface area (Å²) in [5.41, 5.74) is 5.33. The average molecular weight is 577 g/mol. The summed E-state index contributed by atoms with van der Waals surface area (Å²) >= 11 is 1.59. The Morgan fingerprint density at radius 2 is 1.90 bits per heavy atom. The average Bonchev–Trinajstić information content (AvgIpc) is 3.63. The topological polar surface area (TPSA) is 126 Å². The van der Waals surface area contributed by atoms with Crippen molar-refractivity contribution < 1.29 is 24.0 Å². The number of amides is 2. The summed E-state index contributed by atoms with van der Waals surface area (Å²) in [5, 5.41) is 17.9. The summed E-state index contributed by atoms with van der Waals surface area (Å²) in [6.45, 7) is 7.86. The van der Waals surface area contributed by atoms with Gasteiger partial charge < -0.3 is 24.6 Å². The van der Waals surface area contributed by atoms with Crippen LogP contribution in [-0.4, -0.2) is 56.9 Å². The number of benzene rings is 1. The van der Waals surface area contributed by atoms with E-state index >= 15 is 0 Å². The molecule has 3 heterocycles. The number of aldehydes is 1. The Labute approximate surface area is 243 Å².